The molecule has 0 unspecified atom stereocenters. The third-order valence-corrected chi connectivity index (χ3v) is 2.86. The summed E-state index contributed by atoms with van der Waals surface area (Å²) in [4.78, 5) is 15.8. The Morgan fingerprint density at radius 3 is 2.88 bits per heavy atom. The average Bonchev–Trinajstić information content (AvgIpc) is 2.97. The van der Waals surface area contributed by atoms with E-state index < -0.39 is 0 Å². The smallest absolute Gasteiger partial charge is 0.164 e. The van der Waals surface area contributed by atoms with E-state index in [1.807, 2.05) is 36.1 Å². The molecule has 0 spiro atoms. The molecule has 0 saturated heterocycles. The molecule has 0 bridgehead atoms. The molecule has 4 nitrogen and oxygen atoms in total. The number of hydrogen-bond acceptors (Lipinski definition) is 2. The largest absolute Gasteiger partial charge is 0.346 e. The summed E-state index contributed by atoms with van der Waals surface area (Å²) in [5, 5.41) is 0. The van der Waals surface area contributed by atoms with Gasteiger partial charge in [0.1, 0.15) is 5.82 Å². The van der Waals surface area contributed by atoms with Crippen LogP contribution in [0.1, 0.15) is 36.5 Å². The number of imidazole rings is 1. The Bertz CT molecular complexity index is 510. The molecule has 0 aliphatic rings. The predicted octanol–water partition coefficient (Wildman–Crippen LogP) is 2.35. The van der Waals surface area contributed by atoms with Crippen LogP contribution in [0.25, 0.3) is 0 Å². The molecule has 0 aromatic carbocycles. The maximum atomic E-state index is 11.5. The molecular weight excluding hydrogens is 214 g/mol. The van der Waals surface area contributed by atoms with Crippen LogP contribution in [0.4, 0.5) is 0 Å². The van der Waals surface area contributed by atoms with E-state index in [0.717, 1.165) is 17.9 Å². The van der Waals surface area contributed by atoms with Crippen molar-refractivity contribution in [2.24, 2.45) is 0 Å². The van der Waals surface area contributed by atoms with E-state index in [1.165, 1.54) is 0 Å². The second-order valence-corrected chi connectivity index (χ2v) is 3.98. The molecule has 0 aliphatic heterocycles. The van der Waals surface area contributed by atoms with Crippen molar-refractivity contribution in [2.75, 3.05) is 0 Å². The molecule has 2 heterocycles. The van der Waals surface area contributed by atoms with E-state index >= 15 is 0 Å². The minimum Gasteiger partial charge on any atom is -0.346 e. The lowest BCUT2D eigenvalue weighted by Crippen LogP contribution is -2.06. The summed E-state index contributed by atoms with van der Waals surface area (Å²) in [5.41, 5.74) is 0.780. The highest BCUT2D eigenvalue weighted by atomic mass is 16.1. The van der Waals surface area contributed by atoms with E-state index in [4.69, 9.17) is 0 Å². The summed E-state index contributed by atoms with van der Waals surface area (Å²) in [5.74, 6) is 1.20. The molecule has 0 atom stereocenters. The van der Waals surface area contributed by atoms with Crippen LogP contribution >= 0.6 is 0 Å². The quantitative estimate of drug-likeness (QED) is 0.741. The van der Waals surface area contributed by atoms with Crippen LogP contribution in [0, 0.1) is 0 Å². The number of carbonyl (C=O) groups is 1. The van der Waals surface area contributed by atoms with Gasteiger partial charge in [-0.25, -0.2) is 4.98 Å². The summed E-state index contributed by atoms with van der Waals surface area (Å²) in [6.45, 7) is 5.59. The molecule has 0 N–H and O–H groups in total. The Morgan fingerprint density at radius 1 is 1.35 bits per heavy atom. The first-order valence-electron chi connectivity index (χ1n) is 5.93. The number of rotatable bonds is 5. The predicted molar refractivity (Wildman–Crippen MR) is 66.1 cm³/mol. The molecule has 2 aromatic heterocycles. The highest BCUT2D eigenvalue weighted by Crippen LogP contribution is 2.07. The molecule has 4 heteroatoms. The van der Waals surface area contributed by atoms with Crippen LogP contribution in [0.3, 0.4) is 0 Å². The Morgan fingerprint density at radius 2 is 2.18 bits per heavy atom. The van der Waals surface area contributed by atoms with Gasteiger partial charge >= 0.3 is 0 Å². The van der Waals surface area contributed by atoms with Gasteiger partial charge in [0.2, 0.25) is 0 Å². The first-order chi connectivity index (χ1) is 8.24. The Hall–Kier alpha value is -1.84. The maximum absolute atomic E-state index is 11.5. The second-order valence-electron chi connectivity index (χ2n) is 3.98. The Kier molecular flexibility index (Phi) is 3.42. The zero-order chi connectivity index (χ0) is 12.3. The fourth-order valence-corrected chi connectivity index (χ4v) is 1.85. The summed E-state index contributed by atoms with van der Waals surface area (Å²) in [6.07, 6.45) is 8.14. The van der Waals surface area contributed by atoms with E-state index in [-0.39, 0.29) is 5.78 Å². The SMILES string of the molecule is CCC(=O)c1ccn(Cc2nccn2CC)c1. The number of carbonyl (C=O) groups excluding carboxylic acids is 1. The third-order valence-electron chi connectivity index (χ3n) is 2.86. The highest BCUT2D eigenvalue weighted by Gasteiger charge is 2.06. The van der Waals surface area contributed by atoms with Gasteiger partial charge in [0, 0.05) is 43.3 Å². The molecule has 17 heavy (non-hydrogen) atoms. The standard InChI is InChI=1S/C13H17N3O/c1-3-12(17)11-5-7-15(9-11)10-13-14-6-8-16(13)4-2/h5-9H,3-4,10H2,1-2H3. The molecule has 0 radical (unpaired) electrons. The number of nitrogens with zero attached hydrogens (tertiary/aromatic N) is 3. The summed E-state index contributed by atoms with van der Waals surface area (Å²) in [7, 11) is 0. The van der Waals surface area contributed by atoms with Gasteiger partial charge in [-0.3, -0.25) is 4.79 Å². The van der Waals surface area contributed by atoms with Gasteiger partial charge in [0.15, 0.2) is 5.78 Å². The Balaban J connectivity index is 2.14. The first kappa shape index (κ1) is 11.6. The molecule has 90 valence electrons. The van der Waals surface area contributed by atoms with Gasteiger partial charge in [-0.2, -0.15) is 0 Å². The van der Waals surface area contributed by atoms with Crippen molar-refractivity contribution in [1.82, 2.24) is 14.1 Å². The van der Waals surface area contributed by atoms with Crippen LogP contribution in [0.2, 0.25) is 0 Å². The lowest BCUT2D eigenvalue weighted by molar-refractivity contribution is 0.0988. The minimum absolute atomic E-state index is 0.183. The molecule has 0 aliphatic carbocycles. The van der Waals surface area contributed by atoms with Gasteiger partial charge < -0.3 is 9.13 Å². The number of aryl methyl sites for hydroxylation is 1. The van der Waals surface area contributed by atoms with Crippen molar-refractivity contribution in [2.45, 2.75) is 33.4 Å². The van der Waals surface area contributed by atoms with Crippen molar-refractivity contribution in [3.05, 3.63) is 42.2 Å². The second kappa shape index (κ2) is 4.99. The molecule has 2 rings (SSSR count). The number of ketones is 1. The Labute approximate surface area is 101 Å². The van der Waals surface area contributed by atoms with Crippen LogP contribution in [-0.4, -0.2) is 19.9 Å². The third kappa shape index (κ3) is 2.46. The van der Waals surface area contributed by atoms with Gasteiger partial charge in [-0.05, 0) is 13.0 Å². The number of hydrogen-bond donors (Lipinski definition) is 0. The first-order valence-corrected chi connectivity index (χ1v) is 5.93. The average molecular weight is 231 g/mol. The van der Waals surface area contributed by atoms with Crippen molar-refractivity contribution in [1.29, 1.82) is 0 Å². The van der Waals surface area contributed by atoms with E-state index in [9.17, 15) is 4.79 Å². The zero-order valence-corrected chi connectivity index (χ0v) is 10.3. The lowest BCUT2D eigenvalue weighted by atomic mass is 10.2. The number of Topliss-reactive ketones (excluding diaryl/α,β-unsaturated/α-hetero) is 1. The monoisotopic (exact) mass is 231 g/mol. The fourth-order valence-electron chi connectivity index (χ4n) is 1.85. The molecule has 2 aromatic rings. The molecular formula is C13H17N3O. The summed E-state index contributed by atoms with van der Waals surface area (Å²) >= 11 is 0. The highest BCUT2D eigenvalue weighted by molar-refractivity contribution is 5.95. The van der Waals surface area contributed by atoms with Crippen LogP contribution in [0.5, 0.6) is 0 Å². The van der Waals surface area contributed by atoms with E-state index in [0.29, 0.717) is 13.0 Å². The van der Waals surface area contributed by atoms with Gasteiger partial charge in [0.25, 0.3) is 0 Å². The van der Waals surface area contributed by atoms with E-state index in [2.05, 4.69) is 16.5 Å². The molecule has 0 fully saturated rings. The maximum Gasteiger partial charge on any atom is 0.164 e. The van der Waals surface area contributed by atoms with Crippen molar-refractivity contribution < 1.29 is 4.79 Å². The topological polar surface area (TPSA) is 39.8 Å². The van der Waals surface area contributed by atoms with Crippen molar-refractivity contribution in [3.8, 4) is 0 Å². The van der Waals surface area contributed by atoms with Gasteiger partial charge in [-0.15, -0.1) is 0 Å². The van der Waals surface area contributed by atoms with Crippen LogP contribution < -0.4 is 0 Å². The van der Waals surface area contributed by atoms with Gasteiger partial charge in [-0.1, -0.05) is 6.92 Å². The normalized spacial score (nSPS) is 10.7. The van der Waals surface area contributed by atoms with Gasteiger partial charge in [0.05, 0.1) is 6.54 Å². The number of aromatic nitrogens is 3. The zero-order valence-electron chi connectivity index (χ0n) is 10.3. The molecule has 0 saturated carbocycles. The summed E-state index contributed by atoms with van der Waals surface area (Å²) in [6, 6.07) is 1.87. The van der Waals surface area contributed by atoms with Crippen molar-refractivity contribution >= 4 is 5.78 Å². The fraction of sp³-hybridized carbons (Fsp3) is 0.385. The minimum atomic E-state index is 0.183. The molecule has 0 amide bonds. The van der Waals surface area contributed by atoms with Crippen LogP contribution in [-0.2, 0) is 13.1 Å². The van der Waals surface area contributed by atoms with E-state index in [1.54, 1.807) is 6.20 Å². The van der Waals surface area contributed by atoms with Crippen molar-refractivity contribution in [3.63, 3.8) is 0 Å². The summed E-state index contributed by atoms with van der Waals surface area (Å²) < 4.78 is 4.10. The van der Waals surface area contributed by atoms with Crippen LogP contribution in [0.15, 0.2) is 30.9 Å². The lowest BCUT2D eigenvalue weighted by Gasteiger charge is -2.05.